The van der Waals surface area contributed by atoms with E-state index in [0.717, 1.165) is 12.4 Å². The molecule has 1 rings (SSSR count). The Kier molecular flexibility index (Phi) is 5.95. The van der Waals surface area contributed by atoms with Crippen molar-refractivity contribution in [3.63, 3.8) is 0 Å². The number of hydrogen-bond acceptors (Lipinski definition) is 4. The zero-order chi connectivity index (χ0) is 14.4. The van der Waals surface area contributed by atoms with Gasteiger partial charge in [0.1, 0.15) is 18.2 Å². The minimum atomic E-state index is -0.816. The van der Waals surface area contributed by atoms with Crippen LogP contribution < -0.4 is 5.32 Å². The van der Waals surface area contributed by atoms with E-state index in [-0.39, 0.29) is 0 Å². The number of carboxylic acids is 1. The summed E-state index contributed by atoms with van der Waals surface area (Å²) in [4.78, 5) is 15.3. The molecule has 2 N–H and O–H groups in total. The third-order valence-corrected chi connectivity index (χ3v) is 2.75. The first-order valence-electron chi connectivity index (χ1n) is 6.73. The molecule has 1 aromatic heterocycles. The van der Waals surface area contributed by atoms with Gasteiger partial charge >= 0.3 is 5.97 Å². The molecule has 0 amide bonds. The Morgan fingerprint density at radius 2 is 2.05 bits per heavy atom. The van der Waals surface area contributed by atoms with Gasteiger partial charge in [-0.25, -0.2) is 9.67 Å². The highest BCUT2D eigenvalue weighted by Crippen LogP contribution is 2.06. The molecule has 1 aromatic rings. The Morgan fingerprint density at radius 3 is 2.58 bits per heavy atom. The number of aliphatic carboxylic acids is 1. The van der Waals surface area contributed by atoms with Gasteiger partial charge in [0, 0.05) is 6.54 Å². The Balaban J connectivity index is 2.59. The number of nitrogens with zero attached hydrogens (tertiary/aromatic N) is 3. The number of carboxylic acid groups (broad SMARTS) is 1. The summed E-state index contributed by atoms with van der Waals surface area (Å²) in [6.45, 7) is 9.46. The zero-order valence-corrected chi connectivity index (χ0v) is 12.1. The lowest BCUT2D eigenvalue weighted by Crippen LogP contribution is -2.38. The predicted molar refractivity (Wildman–Crippen MR) is 72.6 cm³/mol. The molecule has 0 aliphatic heterocycles. The van der Waals surface area contributed by atoms with E-state index in [1.807, 2.05) is 18.5 Å². The van der Waals surface area contributed by atoms with Crippen molar-refractivity contribution in [2.75, 3.05) is 0 Å². The van der Waals surface area contributed by atoms with E-state index in [1.165, 1.54) is 6.33 Å². The maximum absolute atomic E-state index is 11.2. The van der Waals surface area contributed by atoms with Crippen LogP contribution in [0.1, 0.15) is 39.9 Å². The fraction of sp³-hybridized carbons (Fsp3) is 0.769. The van der Waals surface area contributed by atoms with Crippen molar-refractivity contribution in [3.05, 3.63) is 12.2 Å². The van der Waals surface area contributed by atoms with Crippen molar-refractivity contribution < 1.29 is 9.90 Å². The van der Waals surface area contributed by atoms with Gasteiger partial charge in [0.25, 0.3) is 0 Å². The summed E-state index contributed by atoms with van der Waals surface area (Å²) in [6, 6.07) is -0.538. The summed E-state index contributed by atoms with van der Waals surface area (Å²) in [6.07, 6.45) is 2.12. The van der Waals surface area contributed by atoms with Crippen molar-refractivity contribution in [2.24, 2.45) is 11.8 Å². The fourth-order valence-corrected chi connectivity index (χ4v) is 1.88. The van der Waals surface area contributed by atoms with Gasteiger partial charge in [0.15, 0.2) is 0 Å². The second-order valence-electron chi connectivity index (χ2n) is 5.65. The van der Waals surface area contributed by atoms with E-state index in [2.05, 4.69) is 29.2 Å². The minimum Gasteiger partial charge on any atom is -0.480 e. The van der Waals surface area contributed by atoms with Crippen LogP contribution >= 0.6 is 0 Å². The molecule has 0 spiro atoms. The summed E-state index contributed by atoms with van der Waals surface area (Å²) < 4.78 is 1.83. The maximum Gasteiger partial charge on any atom is 0.320 e. The van der Waals surface area contributed by atoms with Gasteiger partial charge in [-0.15, -0.1) is 0 Å². The topological polar surface area (TPSA) is 80.0 Å². The van der Waals surface area contributed by atoms with E-state index < -0.39 is 12.0 Å². The Morgan fingerprint density at radius 1 is 1.37 bits per heavy atom. The van der Waals surface area contributed by atoms with Crippen molar-refractivity contribution in [1.82, 2.24) is 20.1 Å². The van der Waals surface area contributed by atoms with Crippen molar-refractivity contribution >= 4 is 5.97 Å². The largest absolute Gasteiger partial charge is 0.480 e. The van der Waals surface area contributed by atoms with Gasteiger partial charge in [-0.05, 0) is 18.3 Å². The van der Waals surface area contributed by atoms with Crippen molar-refractivity contribution in [3.8, 4) is 0 Å². The highest BCUT2D eigenvalue weighted by Gasteiger charge is 2.19. The van der Waals surface area contributed by atoms with Crippen molar-refractivity contribution in [2.45, 2.75) is 53.2 Å². The van der Waals surface area contributed by atoms with Crippen LogP contribution in [0.25, 0.3) is 0 Å². The van der Waals surface area contributed by atoms with Crippen LogP contribution in [-0.4, -0.2) is 31.9 Å². The summed E-state index contributed by atoms with van der Waals surface area (Å²) in [5.74, 6) is 0.779. The number of carbonyl (C=O) groups is 1. The summed E-state index contributed by atoms with van der Waals surface area (Å²) in [5.41, 5.74) is 0. The smallest absolute Gasteiger partial charge is 0.320 e. The lowest BCUT2D eigenvalue weighted by molar-refractivity contribution is -0.140. The molecule has 1 heterocycles. The maximum atomic E-state index is 11.2. The number of rotatable bonds is 8. The van der Waals surface area contributed by atoms with E-state index >= 15 is 0 Å². The molecule has 108 valence electrons. The summed E-state index contributed by atoms with van der Waals surface area (Å²) in [7, 11) is 0. The molecule has 0 aromatic carbocycles. The average Bonchev–Trinajstić information content (AvgIpc) is 2.70. The fourth-order valence-electron chi connectivity index (χ4n) is 1.88. The molecule has 1 unspecified atom stereocenters. The standard InChI is InChI=1S/C13H24N4O2/c1-9(2)5-11(13(18)19)14-6-12-15-8-16-17(12)7-10(3)4/h8-11,14H,5-7H2,1-4H3,(H,18,19). The van der Waals surface area contributed by atoms with Crippen LogP contribution in [0.4, 0.5) is 0 Å². The molecule has 6 heteroatoms. The van der Waals surface area contributed by atoms with E-state index in [4.69, 9.17) is 5.11 Å². The highest BCUT2D eigenvalue weighted by molar-refractivity contribution is 5.73. The first-order chi connectivity index (χ1) is 8.90. The lowest BCUT2D eigenvalue weighted by atomic mass is 10.0. The highest BCUT2D eigenvalue weighted by atomic mass is 16.4. The van der Waals surface area contributed by atoms with Crippen LogP contribution in [-0.2, 0) is 17.9 Å². The first kappa shape index (κ1) is 15.6. The first-order valence-corrected chi connectivity index (χ1v) is 6.73. The third-order valence-electron chi connectivity index (χ3n) is 2.75. The monoisotopic (exact) mass is 268 g/mol. The number of nitrogens with one attached hydrogen (secondary N) is 1. The van der Waals surface area contributed by atoms with Crippen LogP contribution in [0.3, 0.4) is 0 Å². The molecule has 1 atom stereocenters. The Hall–Kier alpha value is -1.43. The molecule has 0 saturated heterocycles. The van der Waals surface area contributed by atoms with Crippen LogP contribution in [0.2, 0.25) is 0 Å². The Labute approximate surface area is 114 Å². The second-order valence-corrected chi connectivity index (χ2v) is 5.65. The van der Waals surface area contributed by atoms with E-state index in [1.54, 1.807) is 0 Å². The van der Waals surface area contributed by atoms with Gasteiger partial charge in [-0.1, -0.05) is 27.7 Å². The van der Waals surface area contributed by atoms with Gasteiger partial charge in [0.2, 0.25) is 0 Å². The van der Waals surface area contributed by atoms with Gasteiger partial charge < -0.3 is 5.11 Å². The molecule has 0 aliphatic rings. The molecule has 6 nitrogen and oxygen atoms in total. The zero-order valence-electron chi connectivity index (χ0n) is 12.1. The minimum absolute atomic E-state index is 0.335. The normalized spacial score (nSPS) is 13.2. The molecule has 0 saturated carbocycles. The third kappa shape index (κ3) is 5.38. The molecule has 0 radical (unpaired) electrons. The molecule has 0 bridgehead atoms. The molecule has 0 aliphatic carbocycles. The number of hydrogen-bond donors (Lipinski definition) is 2. The van der Waals surface area contributed by atoms with Gasteiger partial charge in [-0.2, -0.15) is 5.10 Å². The van der Waals surface area contributed by atoms with Gasteiger partial charge in [0.05, 0.1) is 6.54 Å². The van der Waals surface area contributed by atoms with Crippen LogP contribution in [0.5, 0.6) is 0 Å². The molecule has 19 heavy (non-hydrogen) atoms. The predicted octanol–water partition coefficient (Wildman–Crippen LogP) is 1.52. The average molecular weight is 268 g/mol. The lowest BCUT2D eigenvalue weighted by Gasteiger charge is -2.16. The van der Waals surface area contributed by atoms with Crippen LogP contribution in [0, 0.1) is 11.8 Å². The molecular formula is C13H24N4O2. The number of aromatic nitrogens is 3. The summed E-state index contributed by atoms with van der Waals surface area (Å²) >= 11 is 0. The SMILES string of the molecule is CC(C)CC(NCc1ncnn1CC(C)C)C(=O)O. The van der Waals surface area contributed by atoms with E-state index in [0.29, 0.717) is 24.8 Å². The second kappa shape index (κ2) is 7.23. The summed E-state index contributed by atoms with van der Waals surface area (Å²) in [5, 5.41) is 16.4. The van der Waals surface area contributed by atoms with Crippen LogP contribution in [0.15, 0.2) is 6.33 Å². The quantitative estimate of drug-likeness (QED) is 0.747. The van der Waals surface area contributed by atoms with Gasteiger partial charge in [-0.3, -0.25) is 10.1 Å². The molecular weight excluding hydrogens is 244 g/mol. The van der Waals surface area contributed by atoms with Crippen molar-refractivity contribution in [1.29, 1.82) is 0 Å². The molecule has 0 fully saturated rings. The Bertz CT molecular complexity index is 401. The van der Waals surface area contributed by atoms with E-state index in [9.17, 15) is 4.79 Å².